The number of carboxylic acids is 1. The summed E-state index contributed by atoms with van der Waals surface area (Å²) in [5.74, 6) is -0.833. The van der Waals surface area contributed by atoms with Crippen LogP contribution in [-0.4, -0.2) is 53.8 Å². The summed E-state index contributed by atoms with van der Waals surface area (Å²) in [6.45, 7) is 9.94. The molecule has 100 valence electrons. The Morgan fingerprint density at radius 2 is 1.65 bits per heavy atom. The topological polar surface area (TPSA) is 78.9 Å². The van der Waals surface area contributed by atoms with Crippen molar-refractivity contribution >= 4 is 12.1 Å². The lowest BCUT2D eigenvalue weighted by atomic mass is 10.2. The highest BCUT2D eigenvalue weighted by atomic mass is 16.6. The van der Waals surface area contributed by atoms with Gasteiger partial charge in [-0.15, -0.1) is 0 Å². The van der Waals surface area contributed by atoms with E-state index in [0.717, 1.165) is 33.1 Å². The molecule has 0 aromatic rings. The Bertz CT molecular complexity index is 251. The number of carbonyl (C=O) groups is 2. The monoisotopic (exact) mass is 246 g/mol. The molecule has 0 atom stereocenters. The van der Waals surface area contributed by atoms with Gasteiger partial charge in [0.1, 0.15) is 5.60 Å². The van der Waals surface area contributed by atoms with Crippen LogP contribution in [0.2, 0.25) is 0 Å². The molecule has 0 aromatic carbocycles. The summed E-state index contributed by atoms with van der Waals surface area (Å²) in [6.07, 6.45) is -0.200. The van der Waals surface area contributed by atoms with Gasteiger partial charge in [0, 0.05) is 33.1 Å². The predicted octanol–water partition coefficient (Wildman–Crippen LogP) is 0.918. The highest BCUT2D eigenvalue weighted by Crippen LogP contribution is 2.09. The summed E-state index contributed by atoms with van der Waals surface area (Å²) in [5.41, 5.74) is -0.387. The van der Waals surface area contributed by atoms with Crippen molar-refractivity contribution in [3.8, 4) is 0 Å². The maximum absolute atomic E-state index is 11.5. The minimum Gasteiger partial charge on any atom is -0.481 e. The van der Waals surface area contributed by atoms with Gasteiger partial charge in [-0.2, -0.15) is 0 Å². The van der Waals surface area contributed by atoms with Crippen molar-refractivity contribution in [1.82, 2.24) is 10.2 Å². The number of carbonyl (C=O) groups excluding carboxylic acids is 1. The van der Waals surface area contributed by atoms with Crippen molar-refractivity contribution in [3.05, 3.63) is 0 Å². The lowest BCUT2D eigenvalue weighted by Gasteiger charge is -2.30. The van der Waals surface area contributed by atoms with Crippen LogP contribution in [0.3, 0.4) is 0 Å². The van der Waals surface area contributed by atoms with Gasteiger partial charge in [-0.25, -0.2) is 4.79 Å². The number of carboxylic acid groups (broad SMARTS) is 1. The van der Waals surface area contributed by atoms with E-state index in [1.54, 1.807) is 4.90 Å². The van der Waals surface area contributed by atoms with Crippen molar-refractivity contribution in [2.45, 2.75) is 33.3 Å². The third-order valence-electron chi connectivity index (χ3n) is 1.77. The number of nitrogens with one attached hydrogen (secondary N) is 1. The van der Waals surface area contributed by atoms with E-state index in [0.29, 0.717) is 0 Å². The molecule has 0 saturated carbocycles. The highest BCUT2D eigenvalue weighted by molar-refractivity contribution is 5.68. The molecule has 1 rings (SSSR count). The van der Waals surface area contributed by atoms with Crippen molar-refractivity contribution in [1.29, 1.82) is 0 Å². The standard InChI is InChI=1S/C9H18N2O2.C2H4O2/c1-9(2,3)13-8(12)11-6-4-10-5-7-11;1-2(3)4/h10H,4-7H2,1-3H3;1H3,(H,3,4). The first kappa shape index (κ1) is 15.7. The number of amides is 1. The molecule has 2 N–H and O–H groups in total. The van der Waals surface area contributed by atoms with Gasteiger partial charge >= 0.3 is 6.09 Å². The summed E-state index contributed by atoms with van der Waals surface area (Å²) in [7, 11) is 0. The van der Waals surface area contributed by atoms with Gasteiger partial charge in [-0.05, 0) is 20.8 Å². The molecular formula is C11H22N2O4. The zero-order valence-corrected chi connectivity index (χ0v) is 10.9. The lowest BCUT2D eigenvalue weighted by Crippen LogP contribution is -2.48. The largest absolute Gasteiger partial charge is 0.481 e. The van der Waals surface area contributed by atoms with Crippen molar-refractivity contribution in [2.75, 3.05) is 26.2 Å². The summed E-state index contributed by atoms with van der Waals surface area (Å²) < 4.78 is 5.24. The van der Waals surface area contributed by atoms with E-state index in [2.05, 4.69) is 5.32 Å². The Labute approximate surface area is 102 Å². The number of rotatable bonds is 0. The minimum absolute atomic E-state index is 0.200. The molecule has 1 heterocycles. The van der Waals surface area contributed by atoms with Crippen LogP contribution in [0.25, 0.3) is 0 Å². The molecule has 1 amide bonds. The van der Waals surface area contributed by atoms with Gasteiger partial charge in [-0.1, -0.05) is 0 Å². The van der Waals surface area contributed by atoms with E-state index in [9.17, 15) is 4.79 Å². The fourth-order valence-electron chi connectivity index (χ4n) is 1.17. The van der Waals surface area contributed by atoms with Crippen LogP contribution in [0.1, 0.15) is 27.7 Å². The molecule has 0 radical (unpaired) electrons. The Balaban J connectivity index is 0.000000557. The third-order valence-corrected chi connectivity index (χ3v) is 1.77. The molecule has 0 aliphatic carbocycles. The molecule has 6 nitrogen and oxygen atoms in total. The van der Waals surface area contributed by atoms with Gasteiger partial charge in [0.25, 0.3) is 5.97 Å². The number of ether oxygens (including phenoxy) is 1. The Hall–Kier alpha value is -1.30. The average Bonchev–Trinajstić information content (AvgIpc) is 2.15. The zero-order valence-electron chi connectivity index (χ0n) is 10.9. The van der Waals surface area contributed by atoms with E-state index >= 15 is 0 Å². The van der Waals surface area contributed by atoms with Gasteiger partial charge in [0.2, 0.25) is 0 Å². The normalized spacial score (nSPS) is 15.6. The van der Waals surface area contributed by atoms with Crippen LogP contribution in [0.4, 0.5) is 4.79 Å². The van der Waals surface area contributed by atoms with Crippen LogP contribution in [0.5, 0.6) is 0 Å². The van der Waals surface area contributed by atoms with E-state index in [4.69, 9.17) is 14.6 Å². The summed E-state index contributed by atoms with van der Waals surface area (Å²) in [4.78, 5) is 22.2. The van der Waals surface area contributed by atoms with E-state index in [-0.39, 0.29) is 11.7 Å². The van der Waals surface area contributed by atoms with Gasteiger partial charge in [0.05, 0.1) is 0 Å². The fourth-order valence-corrected chi connectivity index (χ4v) is 1.17. The van der Waals surface area contributed by atoms with E-state index in [1.807, 2.05) is 20.8 Å². The molecule has 0 bridgehead atoms. The number of hydrogen-bond donors (Lipinski definition) is 2. The predicted molar refractivity (Wildman–Crippen MR) is 64.0 cm³/mol. The van der Waals surface area contributed by atoms with Crippen LogP contribution < -0.4 is 5.32 Å². The maximum atomic E-state index is 11.5. The molecule has 0 aromatic heterocycles. The smallest absolute Gasteiger partial charge is 0.410 e. The second-order valence-electron chi connectivity index (χ2n) is 4.74. The molecule has 0 spiro atoms. The first-order valence-electron chi connectivity index (χ1n) is 5.60. The van der Waals surface area contributed by atoms with Crippen molar-refractivity contribution in [2.24, 2.45) is 0 Å². The van der Waals surface area contributed by atoms with E-state index in [1.165, 1.54) is 0 Å². The van der Waals surface area contributed by atoms with Crippen LogP contribution in [0.15, 0.2) is 0 Å². The first-order valence-corrected chi connectivity index (χ1v) is 5.60. The molecular weight excluding hydrogens is 224 g/mol. The second kappa shape index (κ2) is 7.11. The fraction of sp³-hybridized carbons (Fsp3) is 0.818. The molecule has 1 fully saturated rings. The highest BCUT2D eigenvalue weighted by Gasteiger charge is 2.22. The molecule has 6 heteroatoms. The quantitative estimate of drug-likeness (QED) is 0.664. The lowest BCUT2D eigenvalue weighted by molar-refractivity contribution is -0.134. The Morgan fingerprint density at radius 1 is 1.24 bits per heavy atom. The minimum atomic E-state index is -0.833. The third kappa shape index (κ3) is 9.62. The SMILES string of the molecule is CC(=O)O.CC(C)(C)OC(=O)N1CCNCC1. The van der Waals surface area contributed by atoms with Crippen molar-refractivity contribution < 1.29 is 19.4 Å². The summed E-state index contributed by atoms with van der Waals surface area (Å²) >= 11 is 0. The number of aliphatic carboxylic acids is 1. The van der Waals surface area contributed by atoms with Crippen molar-refractivity contribution in [3.63, 3.8) is 0 Å². The number of hydrogen-bond acceptors (Lipinski definition) is 4. The Kier molecular flexibility index (Phi) is 6.57. The molecule has 1 aliphatic heterocycles. The van der Waals surface area contributed by atoms with Crippen LogP contribution in [-0.2, 0) is 9.53 Å². The van der Waals surface area contributed by atoms with Crippen LogP contribution >= 0.6 is 0 Å². The molecule has 1 saturated heterocycles. The first-order chi connectivity index (χ1) is 7.72. The van der Waals surface area contributed by atoms with Gasteiger partial charge in [0.15, 0.2) is 0 Å². The maximum Gasteiger partial charge on any atom is 0.410 e. The number of nitrogens with zero attached hydrogens (tertiary/aromatic N) is 1. The molecule has 17 heavy (non-hydrogen) atoms. The Morgan fingerprint density at radius 3 is 2.00 bits per heavy atom. The molecule has 1 aliphatic rings. The molecule has 0 unspecified atom stereocenters. The summed E-state index contributed by atoms with van der Waals surface area (Å²) in [6, 6.07) is 0. The zero-order chi connectivity index (χ0) is 13.5. The van der Waals surface area contributed by atoms with Gasteiger partial charge in [-0.3, -0.25) is 4.79 Å². The van der Waals surface area contributed by atoms with Crippen LogP contribution in [0, 0.1) is 0 Å². The summed E-state index contributed by atoms with van der Waals surface area (Å²) in [5, 5.41) is 10.6. The number of piperazine rings is 1. The van der Waals surface area contributed by atoms with E-state index < -0.39 is 5.97 Å². The van der Waals surface area contributed by atoms with Gasteiger partial charge < -0.3 is 20.1 Å². The average molecular weight is 246 g/mol. The second-order valence-corrected chi connectivity index (χ2v) is 4.74.